The third-order valence-electron chi connectivity index (χ3n) is 5.90. The van der Waals surface area contributed by atoms with Crippen molar-refractivity contribution < 1.29 is 29.1 Å². The number of amides is 2. The van der Waals surface area contributed by atoms with Crippen LogP contribution in [0.3, 0.4) is 0 Å². The molecule has 1 heterocycles. The molecule has 2 N–H and O–H groups in total. The minimum Gasteiger partial charge on any atom is -0.489 e. The van der Waals surface area contributed by atoms with Crippen LogP contribution >= 0.6 is 0 Å². The average molecular weight is 494 g/mol. The van der Waals surface area contributed by atoms with Gasteiger partial charge in [-0.05, 0) is 55.5 Å². The summed E-state index contributed by atoms with van der Waals surface area (Å²) in [6, 6.07) is 18.2. The first-order chi connectivity index (χ1) is 17.3. The molecule has 2 aromatic carbocycles. The molecular weight excluding hydrogens is 462 g/mol. The molecule has 1 fully saturated rings. The number of rotatable bonds is 9. The molecule has 1 aliphatic rings. The first kappa shape index (κ1) is 26.6. The Morgan fingerprint density at radius 3 is 2.58 bits per heavy atom. The molecule has 1 aromatic heterocycles. The fourth-order valence-corrected chi connectivity index (χ4v) is 3.88. The molecular formula is C27H31N3O6. The molecule has 36 heavy (non-hydrogen) atoms. The van der Waals surface area contributed by atoms with Gasteiger partial charge >= 0.3 is 5.97 Å². The number of hydroxylamine groups is 1. The Morgan fingerprint density at radius 1 is 1.19 bits per heavy atom. The van der Waals surface area contributed by atoms with Crippen LogP contribution in [0, 0.1) is 18.8 Å². The van der Waals surface area contributed by atoms with Crippen molar-refractivity contribution in [2.75, 3.05) is 20.7 Å². The molecule has 9 nitrogen and oxygen atoms in total. The quantitative estimate of drug-likeness (QED) is 0.204. The Labute approximate surface area is 210 Å². The number of carbonyl (C=O) groups excluding carboxylic acids is 3. The third-order valence-corrected chi connectivity index (χ3v) is 5.90. The Hall–Kier alpha value is -3.98. The van der Waals surface area contributed by atoms with E-state index in [4.69, 9.17) is 9.94 Å². The van der Waals surface area contributed by atoms with Crippen molar-refractivity contribution in [1.29, 1.82) is 0 Å². The first-order valence-corrected chi connectivity index (χ1v) is 11.6. The van der Waals surface area contributed by atoms with Crippen LogP contribution in [-0.4, -0.2) is 54.1 Å². The van der Waals surface area contributed by atoms with Gasteiger partial charge in [0.05, 0.1) is 12.6 Å². The number of fused-ring (bicyclic) bond motifs is 1. The standard InChI is InChI=1S/C22H22N2O3.C5H9NO3/c1-14-10-17(19-4-2-3-5-21(19)23-14)13-27-18-8-6-15(7-9-18)11-16-12-20(16)22(25)24-26;1-6(4-7)3-5(8)9-2/h2-10,16,20,26H,11-13H2,1H3,(H,24,25);4H,3H2,1-2H3. The minimum absolute atomic E-state index is 0.0139. The smallest absolute Gasteiger partial charge is 0.325 e. The van der Waals surface area contributed by atoms with Crippen LogP contribution in [0.25, 0.3) is 10.9 Å². The topological polar surface area (TPSA) is 118 Å². The molecule has 1 aliphatic carbocycles. The number of pyridine rings is 1. The highest BCUT2D eigenvalue weighted by atomic mass is 16.5. The molecule has 2 amide bonds. The molecule has 3 aromatic rings. The number of ether oxygens (including phenoxy) is 2. The van der Waals surface area contributed by atoms with Gasteiger partial charge in [-0.25, -0.2) is 5.48 Å². The number of nitrogens with one attached hydrogen (secondary N) is 1. The van der Waals surface area contributed by atoms with E-state index in [1.807, 2.05) is 49.4 Å². The minimum atomic E-state index is -0.412. The lowest BCUT2D eigenvalue weighted by molar-refractivity contribution is -0.143. The molecule has 190 valence electrons. The number of carbonyl (C=O) groups is 3. The zero-order chi connectivity index (χ0) is 26.1. The molecule has 2 unspecified atom stereocenters. The number of methoxy groups -OCH3 is 1. The second kappa shape index (κ2) is 12.6. The van der Waals surface area contributed by atoms with E-state index in [1.165, 1.54) is 24.6 Å². The third kappa shape index (κ3) is 7.51. The molecule has 0 radical (unpaired) electrons. The number of hydrogen-bond acceptors (Lipinski definition) is 7. The van der Waals surface area contributed by atoms with Crippen LogP contribution in [0.1, 0.15) is 23.2 Å². The van der Waals surface area contributed by atoms with Crippen LogP contribution < -0.4 is 10.2 Å². The van der Waals surface area contributed by atoms with E-state index in [2.05, 4.69) is 21.9 Å². The highest BCUT2D eigenvalue weighted by Gasteiger charge is 2.42. The zero-order valence-corrected chi connectivity index (χ0v) is 20.6. The van der Waals surface area contributed by atoms with Crippen LogP contribution in [0.4, 0.5) is 0 Å². The zero-order valence-electron chi connectivity index (χ0n) is 20.6. The summed E-state index contributed by atoms with van der Waals surface area (Å²) in [5.41, 5.74) is 6.00. The maximum absolute atomic E-state index is 11.4. The van der Waals surface area contributed by atoms with Crippen molar-refractivity contribution in [3.63, 3.8) is 0 Å². The van der Waals surface area contributed by atoms with Gasteiger partial charge in [-0.3, -0.25) is 24.6 Å². The molecule has 2 atom stereocenters. The van der Waals surface area contributed by atoms with Gasteiger partial charge in [-0.1, -0.05) is 30.3 Å². The SMILES string of the molecule is COC(=O)CN(C)C=O.Cc1cc(COc2ccc(CC3CC3C(=O)NO)cc2)c2ccccc2n1. The molecule has 9 heteroatoms. The Morgan fingerprint density at radius 2 is 1.92 bits per heavy atom. The summed E-state index contributed by atoms with van der Waals surface area (Å²) in [6.07, 6.45) is 2.24. The van der Waals surface area contributed by atoms with E-state index >= 15 is 0 Å². The first-order valence-electron chi connectivity index (χ1n) is 11.6. The number of para-hydroxylation sites is 1. The molecule has 4 rings (SSSR count). The van der Waals surface area contributed by atoms with Crippen LogP contribution in [0.2, 0.25) is 0 Å². The summed E-state index contributed by atoms with van der Waals surface area (Å²) in [4.78, 5) is 37.4. The second-order valence-electron chi connectivity index (χ2n) is 8.75. The number of hydrogen-bond donors (Lipinski definition) is 2. The largest absolute Gasteiger partial charge is 0.489 e. The number of likely N-dealkylation sites (N-methyl/N-ethyl adjacent to an activating group) is 1. The second-order valence-corrected chi connectivity index (χ2v) is 8.75. The Bertz CT molecular complexity index is 1200. The molecule has 0 saturated heterocycles. The maximum Gasteiger partial charge on any atom is 0.325 e. The summed E-state index contributed by atoms with van der Waals surface area (Å²) in [5.74, 6) is 0.381. The number of nitrogens with zero attached hydrogens (tertiary/aromatic N) is 2. The van der Waals surface area contributed by atoms with Gasteiger partial charge in [0.2, 0.25) is 12.3 Å². The number of esters is 1. The van der Waals surface area contributed by atoms with Gasteiger partial charge in [0, 0.05) is 29.6 Å². The monoisotopic (exact) mass is 493 g/mol. The number of benzene rings is 2. The van der Waals surface area contributed by atoms with Gasteiger partial charge in [-0.2, -0.15) is 0 Å². The lowest BCUT2D eigenvalue weighted by Gasteiger charge is -2.10. The van der Waals surface area contributed by atoms with E-state index in [9.17, 15) is 14.4 Å². The van der Waals surface area contributed by atoms with Gasteiger partial charge in [0.1, 0.15) is 18.9 Å². The van der Waals surface area contributed by atoms with Crippen LogP contribution in [0.5, 0.6) is 5.75 Å². The van der Waals surface area contributed by atoms with Crippen LogP contribution in [-0.2, 0) is 32.1 Å². The van der Waals surface area contributed by atoms with Crippen molar-refractivity contribution in [2.45, 2.75) is 26.4 Å². The average Bonchev–Trinajstić information content (AvgIpc) is 3.66. The maximum atomic E-state index is 11.4. The van der Waals surface area contributed by atoms with E-state index < -0.39 is 5.97 Å². The Kier molecular flexibility index (Phi) is 9.35. The Balaban J connectivity index is 0.000000345. The molecule has 0 spiro atoms. The summed E-state index contributed by atoms with van der Waals surface area (Å²) >= 11 is 0. The lowest BCUT2D eigenvalue weighted by atomic mass is 10.1. The molecule has 1 saturated carbocycles. The fraction of sp³-hybridized carbons (Fsp3) is 0.333. The van der Waals surface area contributed by atoms with Gasteiger partial charge in [0.25, 0.3) is 0 Å². The van der Waals surface area contributed by atoms with Gasteiger partial charge in [0.15, 0.2) is 0 Å². The van der Waals surface area contributed by atoms with Crippen molar-refractivity contribution in [3.05, 3.63) is 71.4 Å². The van der Waals surface area contributed by atoms with Gasteiger partial charge in [-0.15, -0.1) is 0 Å². The fourth-order valence-electron chi connectivity index (χ4n) is 3.88. The van der Waals surface area contributed by atoms with Crippen molar-refractivity contribution in [2.24, 2.45) is 11.8 Å². The predicted octanol–water partition coefficient (Wildman–Crippen LogP) is 3.05. The van der Waals surface area contributed by atoms with Gasteiger partial charge < -0.3 is 14.4 Å². The highest BCUT2D eigenvalue weighted by molar-refractivity contribution is 5.82. The normalized spacial score (nSPS) is 15.8. The van der Waals surface area contributed by atoms with E-state index in [-0.39, 0.29) is 18.4 Å². The van der Waals surface area contributed by atoms with Crippen molar-refractivity contribution >= 4 is 29.2 Å². The number of aryl methyl sites for hydroxylation is 1. The summed E-state index contributed by atoms with van der Waals surface area (Å²) in [6.45, 7) is 2.50. The molecule has 0 bridgehead atoms. The predicted molar refractivity (Wildman–Crippen MR) is 133 cm³/mol. The van der Waals surface area contributed by atoms with E-state index in [1.54, 1.807) is 5.48 Å². The summed E-state index contributed by atoms with van der Waals surface area (Å²) in [7, 11) is 2.78. The van der Waals surface area contributed by atoms with E-state index in [0.29, 0.717) is 18.9 Å². The lowest BCUT2D eigenvalue weighted by Crippen LogP contribution is -2.25. The van der Waals surface area contributed by atoms with Crippen molar-refractivity contribution in [3.8, 4) is 5.75 Å². The molecule has 0 aliphatic heterocycles. The summed E-state index contributed by atoms with van der Waals surface area (Å²) in [5, 5.41) is 9.79. The van der Waals surface area contributed by atoms with Crippen molar-refractivity contribution in [1.82, 2.24) is 15.4 Å². The van der Waals surface area contributed by atoms with Crippen LogP contribution in [0.15, 0.2) is 54.6 Å². The van der Waals surface area contributed by atoms with E-state index in [0.717, 1.165) is 40.8 Å². The number of aromatic nitrogens is 1. The highest BCUT2D eigenvalue weighted by Crippen LogP contribution is 2.41. The summed E-state index contributed by atoms with van der Waals surface area (Å²) < 4.78 is 10.3.